The number of aromatic nitrogens is 6. The average Bonchev–Trinajstić information content (AvgIpc) is 3.96. The Balaban J connectivity index is 1.10. The maximum atomic E-state index is 14.2. The van der Waals surface area contributed by atoms with Crippen LogP contribution in [0.2, 0.25) is 10.0 Å². The SMILES string of the molecule is COC(=O)CC1N=C(c2ccc(Cl)cc2)c2c(sc(C(=O)CCCC(=O)c3sc4c(c3C)C(c3ccc(Cl)cc3)=NC(CC(=O)OC)c3nnc(C)n3-4)c2C)-n2c(C)nnc21. The zero-order valence-electron chi connectivity index (χ0n) is 33.9. The molecule has 0 saturated carbocycles. The molecular formula is C43H38Cl2N8O6S2. The highest BCUT2D eigenvalue weighted by molar-refractivity contribution is 7.17. The van der Waals surface area contributed by atoms with Crippen molar-refractivity contribution in [2.75, 3.05) is 14.2 Å². The smallest absolute Gasteiger partial charge is 0.308 e. The summed E-state index contributed by atoms with van der Waals surface area (Å²) in [6.07, 6.45) is 0.413. The quantitative estimate of drug-likeness (QED) is 0.0855. The molecular weight excluding hydrogens is 860 g/mol. The average molecular weight is 898 g/mol. The largest absolute Gasteiger partial charge is 0.469 e. The molecule has 61 heavy (non-hydrogen) atoms. The van der Waals surface area contributed by atoms with Gasteiger partial charge in [-0.15, -0.1) is 43.1 Å². The van der Waals surface area contributed by atoms with E-state index in [1.54, 1.807) is 24.3 Å². The Kier molecular flexibility index (Phi) is 11.7. The normalized spacial score (nSPS) is 15.3. The maximum absolute atomic E-state index is 14.2. The Labute approximate surface area is 368 Å². The topological polar surface area (TPSA) is 173 Å². The highest BCUT2D eigenvalue weighted by atomic mass is 35.5. The molecule has 0 fully saturated rings. The van der Waals surface area contributed by atoms with Crippen molar-refractivity contribution in [2.45, 2.75) is 71.9 Å². The molecule has 0 spiro atoms. The molecule has 8 rings (SSSR count). The molecule has 0 N–H and O–H groups in total. The zero-order chi connectivity index (χ0) is 43.3. The van der Waals surface area contributed by atoms with Crippen LogP contribution in [-0.4, -0.2) is 78.7 Å². The molecule has 0 saturated heterocycles. The molecule has 4 aromatic heterocycles. The van der Waals surface area contributed by atoms with E-state index in [1.807, 2.05) is 61.1 Å². The number of aryl methyl sites for hydroxylation is 2. The first kappa shape index (κ1) is 42.0. The molecule has 2 aromatic carbocycles. The van der Waals surface area contributed by atoms with E-state index in [9.17, 15) is 19.2 Å². The molecule has 2 atom stereocenters. The van der Waals surface area contributed by atoms with Crippen molar-refractivity contribution in [1.29, 1.82) is 0 Å². The van der Waals surface area contributed by atoms with Crippen LogP contribution >= 0.6 is 45.9 Å². The minimum atomic E-state index is -0.699. The molecule has 14 nitrogen and oxygen atoms in total. The van der Waals surface area contributed by atoms with Crippen LogP contribution in [0.15, 0.2) is 58.5 Å². The molecule has 2 aliphatic heterocycles. The maximum Gasteiger partial charge on any atom is 0.308 e. The zero-order valence-corrected chi connectivity index (χ0v) is 37.1. The number of ether oxygens (including phenoxy) is 2. The lowest BCUT2D eigenvalue weighted by atomic mass is 9.97. The van der Waals surface area contributed by atoms with Gasteiger partial charge in [0.05, 0.1) is 48.2 Å². The number of hydrogen-bond donors (Lipinski definition) is 0. The molecule has 0 radical (unpaired) electrons. The third-order valence-corrected chi connectivity index (χ3v) is 13.9. The number of rotatable bonds is 12. The van der Waals surface area contributed by atoms with Gasteiger partial charge in [0.15, 0.2) is 23.2 Å². The van der Waals surface area contributed by atoms with Gasteiger partial charge < -0.3 is 9.47 Å². The molecule has 18 heteroatoms. The Hall–Kier alpha value is -5.68. The number of methoxy groups -OCH3 is 2. The van der Waals surface area contributed by atoms with Crippen LogP contribution in [0, 0.1) is 27.7 Å². The minimum Gasteiger partial charge on any atom is -0.469 e. The van der Waals surface area contributed by atoms with Crippen molar-refractivity contribution >= 4 is 80.8 Å². The number of benzene rings is 2. The number of ketones is 2. The van der Waals surface area contributed by atoms with Crippen molar-refractivity contribution in [2.24, 2.45) is 9.98 Å². The van der Waals surface area contributed by atoms with Gasteiger partial charge in [0, 0.05) is 45.1 Å². The van der Waals surface area contributed by atoms with E-state index in [2.05, 4.69) is 20.4 Å². The standard InChI is InChI=1S/C43H38Cl2N8O6S2/c1-20-34-36(24-10-14-26(44)15-11-24)46-28(18-32(56)58-5)40-50-48-22(3)52(40)42(34)60-38(20)30(54)8-7-9-31(55)39-21(2)35-37(25-12-16-27(45)17-13-25)47-29(19-33(57)59-6)41-51-49-23(4)53(41)43(35)61-39/h10-17,28-29H,7-9,18-19H2,1-6H3. The number of carbonyl (C=O) groups is 4. The van der Waals surface area contributed by atoms with E-state index >= 15 is 0 Å². The summed E-state index contributed by atoms with van der Waals surface area (Å²) in [6.45, 7) is 7.40. The van der Waals surface area contributed by atoms with Crippen LogP contribution in [0.3, 0.4) is 0 Å². The number of fused-ring (bicyclic) bond motifs is 6. The monoisotopic (exact) mass is 896 g/mol. The predicted octanol–water partition coefficient (Wildman–Crippen LogP) is 8.66. The van der Waals surface area contributed by atoms with Gasteiger partial charge in [-0.05, 0) is 69.5 Å². The molecule has 6 heterocycles. The summed E-state index contributed by atoms with van der Waals surface area (Å²) in [7, 11) is 2.65. The fraction of sp³-hybridized carbons (Fsp3) is 0.302. The van der Waals surface area contributed by atoms with Crippen LogP contribution in [0.5, 0.6) is 0 Å². The lowest BCUT2D eigenvalue weighted by Crippen LogP contribution is -2.12. The van der Waals surface area contributed by atoms with Gasteiger partial charge >= 0.3 is 11.9 Å². The van der Waals surface area contributed by atoms with Crippen LogP contribution in [-0.2, 0) is 19.1 Å². The minimum absolute atomic E-state index is 0.0582. The van der Waals surface area contributed by atoms with Crippen molar-refractivity contribution in [3.05, 3.63) is 125 Å². The van der Waals surface area contributed by atoms with Gasteiger partial charge in [-0.2, -0.15) is 0 Å². The summed E-state index contributed by atoms with van der Waals surface area (Å²) in [5.41, 5.74) is 5.59. The highest BCUT2D eigenvalue weighted by Gasteiger charge is 2.36. The van der Waals surface area contributed by atoms with Crippen molar-refractivity contribution in [1.82, 2.24) is 29.5 Å². The van der Waals surface area contributed by atoms with E-state index < -0.39 is 24.0 Å². The molecule has 2 aliphatic rings. The lowest BCUT2D eigenvalue weighted by Gasteiger charge is -2.12. The lowest BCUT2D eigenvalue weighted by molar-refractivity contribution is -0.142. The number of hydrogen-bond acceptors (Lipinski definition) is 14. The highest BCUT2D eigenvalue weighted by Crippen LogP contribution is 2.43. The number of halogens is 2. The van der Waals surface area contributed by atoms with Gasteiger partial charge in [-0.25, -0.2) is 0 Å². The number of thiophene rings is 2. The molecule has 0 aliphatic carbocycles. The van der Waals surface area contributed by atoms with E-state index in [0.29, 0.717) is 70.9 Å². The van der Waals surface area contributed by atoms with Crippen molar-refractivity contribution < 1.29 is 28.7 Å². The molecule has 6 aromatic rings. The van der Waals surface area contributed by atoms with Crippen molar-refractivity contribution in [3.8, 4) is 10.0 Å². The number of carbonyl (C=O) groups excluding carboxylic acids is 4. The number of nitrogens with zero attached hydrogens (tertiary/aromatic N) is 8. The number of aliphatic imine (C=N–C) groups is 2. The van der Waals surface area contributed by atoms with E-state index in [0.717, 1.165) is 33.4 Å². The van der Waals surface area contributed by atoms with Gasteiger partial charge in [0.2, 0.25) is 0 Å². The van der Waals surface area contributed by atoms with E-state index in [1.165, 1.54) is 36.9 Å². The third kappa shape index (κ3) is 7.77. The van der Waals surface area contributed by atoms with Crippen LogP contribution in [0.4, 0.5) is 0 Å². The second-order valence-electron chi connectivity index (χ2n) is 14.6. The molecule has 312 valence electrons. The fourth-order valence-corrected chi connectivity index (χ4v) is 10.6. The van der Waals surface area contributed by atoms with Gasteiger partial charge in [-0.3, -0.25) is 38.3 Å². The Morgan fingerprint density at radius 3 is 1.34 bits per heavy atom. The summed E-state index contributed by atoms with van der Waals surface area (Å²) < 4.78 is 13.7. The van der Waals surface area contributed by atoms with E-state index in [4.69, 9.17) is 42.7 Å². The predicted molar refractivity (Wildman–Crippen MR) is 233 cm³/mol. The first-order chi connectivity index (χ1) is 29.3. The van der Waals surface area contributed by atoms with Crippen LogP contribution in [0.1, 0.15) is 120 Å². The van der Waals surface area contributed by atoms with Gasteiger partial charge in [0.25, 0.3) is 0 Å². The molecule has 0 amide bonds. The summed E-state index contributed by atoms with van der Waals surface area (Å²) in [5, 5.41) is 20.0. The van der Waals surface area contributed by atoms with Gasteiger partial charge in [-0.1, -0.05) is 47.5 Å². The Bertz CT molecular complexity index is 2630. The first-order valence-electron chi connectivity index (χ1n) is 19.3. The van der Waals surface area contributed by atoms with Crippen LogP contribution in [0.25, 0.3) is 10.0 Å². The number of esters is 2. The van der Waals surface area contributed by atoms with Crippen molar-refractivity contribution in [3.63, 3.8) is 0 Å². The third-order valence-electron chi connectivity index (χ3n) is 10.7. The van der Waals surface area contributed by atoms with E-state index in [-0.39, 0.29) is 37.2 Å². The summed E-state index contributed by atoms with van der Waals surface area (Å²) in [4.78, 5) is 64.7. The molecule has 2 unspecified atom stereocenters. The summed E-state index contributed by atoms with van der Waals surface area (Å²) >= 11 is 15.2. The van der Waals surface area contributed by atoms with Gasteiger partial charge in [0.1, 0.15) is 33.7 Å². The fourth-order valence-electron chi connectivity index (χ4n) is 7.69. The second kappa shape index (κ2) is 17.0. The van der Waals surface area contributed by atoms with Crippen LogP contribution < -0.4 is 0 Å². The Morgan fingerprint density at radius 2 is 0.984 bits per heavy atom. The summed E-state index contributed by atoms with van der Waals surface area (Å²) in [5.74, 6) is 0.938. The Morgan fingerprint density at radius 1 is 0.607 bits per heavy atom. The first-order valence-corrected chi connectivity index (χ1v) is 21.7. The summed E-state index contributed by atoms with van der Waals surface area (Å²) in [6, 6.07) is 13.1. The molecule has 0 bridgehead atoms. The second-order valence-corrected chi connectivity index (χ2v) is 17.5. The number of Topliss-reactive ketones (excluding diaryl/α,β-unsaturated/α-hetero) is 2.